The summed E-state index contributed by atoms with van der Waals surface area (Å²) in [5.41, 5.74) is 1.07. The number of ether oxygens (including phenoxy) is 1. The van der Waals surface area contributed by atoms with Gasteiger partial charge in [0.2, 0.25) is 5.88 Å². The number of nitrogens with zero attached hydrogens (tertiary/aromatic N) is 1. The van der Waals surface area contributed by atoms with E-state index in [2.05, 4.69) is 0 Å². The summed E-state index contributed by atoms with van der Waals surface area (Å²) in [6.45, 7) is 0. The van der Waals surface area contributed by atoms with E-state index >= 15 is 0 Å². The highest BCUT2D eigenvalue weighted by molar-refractivity contribution is 6.36. The molecule has 2 aromatic carbocycles. The van der Waals surface area contributed by atoms with Crippen molar-refractivity contribution in [2.45, 2.75) is 0 Å². The second kappa shape index (κ2) is 5.14. The first-order chi connectivity index (χ1) is 10.1. The maximum Gasteiger partial charge on any atom is 0.337 e. The van der Waals surface area contributed by atoms with Crippen molar-refractivity contribution in [3.8, 4) is 11.6 Å². The van der Waals surface area contributed by atoms with Crippen molar-refractivity contribution in [2.24, 2.45) is 0 Å². The minimum absolute atomic E-state index is 0.0395. The molecule has 0 amide bonds. The highest BCUT2D eigenvalue weighted by Gasteiger charge is 2.14. The Morgan fingerprint density at radius 2 is 2.00 bits per heavy atom. The van der Waals surface area contributed by atoms with Gasteiger partial charge < -0.3 is 9.84 Å². The average molecular weight is 302 g/mol. The summed E-state index contributed by atoms with van der Waals surface area (Å²) in [5.74, 6) is -0.385. The minimum atomic E-state index is -0.425. The number of fused-ring (bicyclic) bond motifs is 1. The van der Waals surface area contributed by atoms with Crippen LogP contribution in [0.15, 0.2) is 48.7 Å². The Morgan fingerprint density at radius 3 is 2.71 bits per heavy atom. The van der Waals surface area contributed by atoms with Gasteiger partial charge in [0.05, 0.1) is 23.1 Å². The number of aromatic nitrogens is 1. The summed E-state index contributed by atoms with van der Waals surface area (Å²) in [6, 6.07) is 12.2. The van der Waals surface area contributed by atoms with Crippen molar-refractivity contribution in [3.05, 3.63) is 59.2 Å². The van der Waals surface area contributed by atoms with Crippen LogP contribution in [0.3, 0.4) is 0 Å². The van der Waals surface area contributed by atoms with E-state index in [1.165, 1.54) is 7.11 Å². The molecule has 0 aliphatic carbocycles. The molecule has 0 aliphatic heterocycles. The van der Waals surface area contributed by atoms with Gasteiger partial charge in [-0.1, -0.05) is 29.8 Å². The summed E-state index contributed by atoms with van der Waals surface area (Å²) in [6.07, 6.45) is 1.77. The Kier molecular flexibility index (Phi) is 3.31. The van der Waals surface area contributed by atoms with Crippen LogP contribution in [0.2, 0.25) is 5.02 Å². The second-order valence-electron chi connectivity index (χ2n) is 4.57. The van der Waals surface area contributed by atoms with E-state index in [0.717, 1.165) is 5.39 Å². The largest absolute Gasteiger partial charge is 0.494 e. The molecule has 0 fully saturated rings. The zero-order chi connectivity index (χ0) is 15.0. The van der Waals surface area contributed by atoms with Crippen LogP contribution in [0.1, 0.15) is 10.4 Å². The number of benzene rings is 2. The Bertz CT molecular complexity index is 839. The topological polar surface area (TPSA) is 51.5 Å². The molecule has 1 aromatic heterocycles. The van der Waals surface area contributed by atoms with Gasteiger partial charge in [0.1, 0.15) is 0 Å². The molecule has 0 saturated carbocycles. The maximum absolute atomic E-state index is 11.6. The third-order valence-corrected chi connectivity index (χ3v) is 3.63. The van der Waals surface area contributed by atoms with Gasteiger partial charge in [0, 0.05) is 17.3 Å². The molecule has 0 radical (unpaired) electrons. The Balaban J connectivity index is 2.19. The zero-order valence-electron chi connectivity index (χ0n) is 11.2. The monoisotopic (exact) mass is 301 g/mol. The lowest BCUT2D eigenvalue weighted by molar-refractivity contribution is 0.0600. The second-order valence-corrected chi connectivity index (χ2v) is 4.98. The highest BCUT2D eigenvalue weighted by atomic mass is 35.5. The molecule has 0 bridgehead atoms. The fourth-order valence-corrected chi connectivity index (χ4v) is 2.57. The molecule has 3 aromatic rings. The summed E-state index contributed by atoms with van der Waals surface area (Å²) in [5, 5.41) is 12.3. The number of hydrogen-bond donors (Lipinski definition) is 1. The van der Waals surface area contributed by atoms with Crippen LogP contribution >= 0.6 is 11.6 Å². The fraction of sp³-hybridized carbons (Fsp3) is 0.0625. The number of halogens is 1. The van der Waals surface area contributed by atoms with E-state index in [0.29, 0.717) is 21.7 Å². The molecule has 0 aliphatic rings. The normalized spacial score (nSPS) is 10.8. The molecule has 1 N–H and O–H groups in total. The third-order valence-electron chi connectivity index (χ3n) is 3.31. The number of methoxy groups -OCH3 is 1. The van der Waals surface area contributed by atoms with Crippen molar-refractivity contribution in [2.75, 3.05) is 7.11 Å². The Labute approximate surface area is 126 Å². The highest BCUT2D eigenvalue weighted by Crippen LogP contribution is 2.35. The standard InChI is InChI=1S/C16H12ClNO3/c1-21-16(20)10-4-2-6-12(8-10)18-9-11-5-3-7-13(17)14(11)15(18)19/h2-9,19H,1H3. The van der Waals surface area contributed by atoms with Crippen molar-refractivity contribution in [1.82, 2.24) is 4.57 Å². The summed E-state index contributed by atoms with van der Waals surface area (Å²) in [7, 11) is 1.33. The molecule has 21 heavy (non-hydrogen) atoms. The van der Waals surface area contributed by atoms with Gasteiger partial charge in [-0.15, -0.1) is 0 Å². The summed E-state index contributed by atoms with van der Waals surface area (Å²) < 4.78 is 6.29. The summed E-state index contributed by atoms with van der Waals surface area (Å²) >= 11 is 6.12. The molecule has 5 heteroatoms. The average Bonchev–Trinajstić information content (AvgIpc) is 2.85. The lowest BCUT2D eigenvalue weighted by atomic mass is 10.2. The predicted octanol–water partition coefficient (Wildman–Crippen LogP) is 3.78. The van der Waals surface area contributed by atoms with Crippen LogP contribution in [-0.4, -0.2) is 22.8 Å². The SMILES string of the molecule is COC(=O)c1cccc(-n2cc3cccc(Cl)c3c2O)c1. The molecule has 0 atom stereocenters. The van der Waals surface area contributed by atoms with Crippen LogP contribution in [0.4, 0.5) is 0 Å². The molecular weight excluding hydrogens is 290 g/mol. The quantitative estimate of drug-likeness (QED) is 0.733. The molecule has 0 saturated heterocycles. The lowest BCUT2D eigenvalue weighted by Crippen LogP contribution is -2.02. The van der Waals surface area contributed by atoms with Crippen LogP contribution in [0, 0.1) is 0 Å². The van der Waals surface area contributed by atoms with Gasteiger partial charge in [-0.05, 0) is 24.3 Å². The third kappa shape index (κ3) is 2.23. The van der Waals surface area contributed by atoms with E-state index < -0.39 is 5.97 Å². The van der Waals surface area contributed by atoms with Gasteiger partial charge in [-0.2, -0.15) is 0 Å². The zero-order valence-corrected chi connectivity index (χ0v) is 12.0. The fourth-order valence-electron chi connectivity index (χ4n) is 2.30. The van der Waals surface area contributed by atoms with Gasteiger partial charge in [0.15, 0.2) is 0 Å². The molecule has 0 unspecified atom stereocenters. The van der Waals surface area contributed by atoms with E-state index in [-0.39, 0.29) is 5.88 Å². The van der Waals surface area contributed by atoms with Crippen molar-refractivity contribution in [1.29, 1.82) is 0 Å². The molecule has 0 spiro atoms. The molecule has 1 heterocycles. The number of carbonyl (C=O) groups is 1. The van der Waals surface area contributed by atoms with Crippen LogP contribution in [0.5, 0.6) is 5.88 Å². The van der Waals surface area contributed by atoms with E-state index in [4.69, 9.17) is 16.3 Å². The number of esters is 1. The maximum atomic E-state index is 11.6. The first kappa shape index (κ1) is 13.5. The number of hydrogen-bond acceptors (Lipinski definition) is 3. The predicted molar refractivity (Wildman–Crippen MR) is 81.3 cm³/mol. The number of rotatable bonds is 2. The number of carbonyl (C=O) groups excluding carboxylic acids is 1. The van der Waals surface area contributed by atoms with E-state index in [9.17, 15) is 9.90 Å². The summed E-state index contributed by atoms with van der Waals surface area (Å²) in [4.78, 5) is 11.6. The van der Waals surface area contributed by atoms with Crippen LogP contribution < -0.4 is 0 Å². The number of aromatic hydroxyl groups is 1. The van der Waals surface area contributed by atoms with Crippen LogP contribution in [0.25, 0.3) is 16.5 Å². The van der Waals surface area contributed by atoms with Crippen molar-refractivity contribution < 1.29 is 14.6 Å². The molecular formula is C16H12ClNO3. The van der Waals surface area contributed by atoms with Gasteiger partial charge in [-0.3, -0.25) is 4.57 Å². The molecule has 4 nitrogen and oxygen atoms in total. The van der Waals surface area contributed by atoms with E-state index in [1.807, 2.05) is 12.1 Å². The van der Waals surface area contributed by atoms with Gasteiger partial charge in [0.25, 0.3) is 0 Å². The van der Waals surface area contributed by atoms with E-state index in [1.54, 1.807) is 41.1 Å². The minimum Gasteiger partial charge on any atom is -0.494 e. The lowest BCUT2D eigenvalue weighted by Gasteiger charge is -2.07. The first-order valence-corrected chi connectivity index (χ1v) is 6.67. The van der Waals surface area contributed by atoms with Crippen molar-refractivity contribution in [3.63, 3.8) is 0 Å². The first-order valence-electron chi connectivity index (χ1n) is 6.29. The molecule has 106 valence electrons. The Morgan fingerprint density at radius 1 is 1.24 bits per heavy atom. The Hall–Kier alpha value is -2.46. The van der Waals surface area contributed by atoms with Crippen LogP contribution in [-0.2, 0) is 4.74 Å². The molecule has 3 rings (SSSR count). The van der Waals surface area contributed by atoms with Gasteiger partial charge >= 0.3 is 5.97 Å². The smallest absolute Gasteiger partial charge is 0.337 e. The van der Waals surface area contributed by atoms with Gasteiger partial charge in [-0.25, -0.2) is 4.79 Å². The van der Waals surface area contributed by atoms with Crippen molar-refractivity contribution >= 4 is 28.3 Å².